The number of carbonyl (C=O) groups excluding carboxylic acids is 1. The van der Waals surface area contributed by atoms with Crippen LogP contribution in [0.15, 0.2) is 65.8 Å². The van der Waals surface area contributed by atoms with Crippen LogP contribution in [0.2, 0.25) is 10.0 Å². The molecule has 5 nitrogen and oxygen atoms in total. The summed E-state index contributed by atoms with van der Waals surface area (Å²) in [6.45, 7) is 2.71. The van der Waals surface area contributed by atoms with E-state index in [0.717, 1.165) is 20.3 Å². The van der Waals surface area contributed by atoms with E-state index in [0.29, 0.717) is 34.8 Å². The Morgan fingerprint density at radius 3 is 2.56 bits per heavy atom. The highest BCUT2D eigenvalue weighted by Crippen LogP contribution is 2.35. The number of hydrazone groups is 1. The third kappa shape index (κ3) is 7.12. The minimum absolute atomic E-state index is 0.213. The lowest BCUT2D eigenvalue weighted by molar-refractivity contribution is -0.120. The summed E-state index contributed by atoms with van der Waals surface area (Å²) in [6, 6.07) is 18.4. The lowest BCUT2D eigenvalue weighted by Gasteiger charge is -2.15. The van der Waals surface area contributed by atoms with Crippen molar-refractivity contribution in [3.05, 3.63) is 91.0 Å². The van der Waals surface area contributed by atoms with Crippen LogP contribution in [0.3, 0.4) is 0 Å². The van der Waals surface area contributed by atoms with Gasteiger partial charge >= 0.3 is 0 Å². The van der Waals surface area contributed by atoms with E-state index in [-0.39, 0.29) is 12.3 Å². The average Bonchev–Trinajstić information content (AvgIpc) is 2.76. The Balaban J connectivity index is 1.67. The molecule has 0 unspecified atom stereocenters. The first-order valence-electron chi connectivity index (χ1n) is 9.85. The highest BCUT2D eigenvalue weighted by Gasteiger charge is 2.13. The zero-order chi connectivity index (χ0) is 22.9. The molecule has 0 aliphatic rings. The molecular formula is C24H21Cl2IN2O3. The second kappa shape index (κ2) is 12.1. The highest BCUT2D eigenvalue weighted by atomic mass is 127. The van der Waals surface area contributed by atoms with Gasteiger partial charge in [0.05, 0.1) is 22.8 Å². The summed E-state index contributed by atoms with van der Waals surface area (Å²) in [6.07, 6.45) is 1.79. The van der Waals surface area contributed by atoms with Crippen LogP contribution < -0.4 is 14.9 Å². The summed E-state index contributed by atoms with van der Waals surface area (Å²) in [5, 5.41) is 5.35. The van der Waals surface area contributed by atoms with Crippen molar-refractivity contribution >= 4 is 57.9 Å². The second-order valence-corrected chi connectivity index (χ2v) is 8.75. The SMILES string of the molecule is CCOc1cc(/C=N\NC(=O)Cc2ccc(Cl)cc2)cc(I)c1OCc1ccccc1Cl. The van der Waals surface area contributed by atoms with Gasteiger partial charge in [0.25, 0.3) is 0 Å². The number of halogens is 3. The standard InChI is InChI=1S/C24H21Cl2IN2O3/c1-2-31-22-12-17(14-28-29-23(30)13-16-7-9-19(25)10-8-16)11-21(27)24(22)32-15-18-5-3-4-6-20(18)26/h3-12,14H,2,13,15H2,1H3,(H,29,30)/b28-14-. The Bertz CT molecular complexity index is 1100. The van der Waals surface area contributed by atoms with Gasteiger partial charge in [-0.25, -0.2) is 5.43 Å². The fourth-order valence-corrected chi connectivity index (χ4v) is 3.93. The highest BCUT2D eigenvalue weighted by molar-refractivity contribution is 14.1. The van der Waals surface area contributed by atoms with E-state index in [9.17, 15) is 4.79 Å². The summed E-state index contributed by atoms with van der Waals surface area (Å²) in [5.74, 6) is 1.01. The van der Waals surface area contributed by atoms with Gasteiger partial charge in [-0.15, -0.1) is 0 Å². The van der Waals surface area contributed by atoms with Crippen molar-refractivity contribution in [2.24, 2.45) is 5.10 Å². The van der Waals surface area contributed by atoms with Crippen molar-refractivity contribution < 1.29 is 14.3 Å². The number of rotatable bonds is 9. The Morgan fingerprint density at radius 1 is 1.09 bits per heavy atom. The number of benzene rings is 3. The fraction of sp³-hybridized carbons (Fsp3) is 0.167. The number of carbonyl (C=O) groups is 1. The number of nitrogens with one attached hydrogen (secondary N) is 1. The van der Waals surface area contributed by atoms with E-state index in [1.54, 1.807) is 18.3 Å². The van der Waals surface area contributed by atoms with Gasteiger partial charge in [0.15, 0.2) is 11.5 Å². The van der Waals surface area contributed by atoms with Gasteiger partial charge in [0, 0.05) is 15.6 Å². The van der Waals surface area contributed by atoms with Crippen molar-refractivity contribution in [3.8, 4) is 11.5 Å². The fourth-order valence-electron chi connectivity index (χ4n) is 2.84. The van der Waals surface area contributed by atoms with E-state index in [1.807, 2.05) is 55.5 Å². The maximum atomic E-state index is 12.1. The smallest absolute Gasteiger partial charge is 0.244 e. The molecule has 3 rings (SSSR count). The van der Waals surface area contributed by atoms with Crippen molar-refractivity contribution in [2.75, 3.05) is 6.61 Å². The molecule has 0 radical (unpaired) electrons. The maximum Gasteiger partial charge on any atom is 0.244 e. The molecule has 32 heavy (non-hydrogen) atoms. The van der Waals surface area contributed by atoms with Crippen molar-refractivity contribution in [3.63, 3.8) is 0 Å². The third-order valence-corrected chi connectivity index (χ3v) is 5.76. The molecule has 1 N–H and O–H groups in total. The zero-order valence-electron chi connectivity index (χ0n) is 17.3. The Hall–Kier alpha value is -2.29. The molecule has 3 aromatic rings. The lowest BCUT2D eigenvalue weighted by Crippen LogP contribution is -2.19. The van der Waals surface area contributed by atoms with Gasteiger partial charge in [-0.1, -0.05) is 53.5 Å². The molecule has 0 atom stereocenters. The molecule has 0 aliphatic heterocycles. The summed E-state index contributed by atoms with van der Waals surface area (Å²) < 4.78 is 12.6. The summed E-state index contributed by atoms with van der Waals surface area (Å²) in [4.78, 5) is 12.1. The van der Waals surface area contributed by atoms with Crippen molar-refractivity contribution in [2.45, 2.75) is 20.0 Å². The van der Waals surface area contributed by atoms with E-state index in [1.165, 1.54) is 0 Å². The van der Waals surface area contributed by atoms with E-state index < -0.39 is 0 Å². The molecule has 166 valence electrons. The summed E-state index contributed by atoms with van der Waals surface area (Å²) in [5.41, 5.74) is 5.06. The van der Waals surface area contributed by atoms with Crippen LogP contribution in [0.5, 0.6) is 11.5 Å². The monoisotopic (exact) mass is 582 g/mol. The number of hydrogen-bond acceptors (Lipinski definition) is 4. The summed E-state index contributed by atoms with van der Waals surface area (Å²) in [7, 11) is 0. The van der Waals surface area contributed by atoms with E-state index in [4.69, 9.17) is 32.7 Å². The van der Waals surface area contributed by atoms with Gasteiger partial charge in [-0.05, 0) is 71.0 Å². The molecule has 3 aromatic carbocycles. The molecule has 8 heteroatoms. The number of hydrogen-bond donors (Lipinski definition) is 1. The largest absolute Gasteiger partial charge is 0.490 e. The van der Waals surface area contributed by atoms with Gasteiger partial charge in [0.1, 0.15) is 6.61 Å². The Labute approximate surface area is 210 Å². The molecule has 0 aromatic heterocycles. The third-order valence-electron chi connectivity index (χ3n) is 4.34. The maximum absolute atomic E-state index is 12.1. The minimum atomic E-state index is -0.219. The molecule has 0 spiro atoms. The zero-order valence-corrected chi connectivity index (χ0v) is 20.9. The Kier molecular flexibility index (Phi) is 9.20. The van der Waals surface area contributed by atoms with Gasteiger partial charge in [-0.2, -0.15) is 5.10 Å². The molecule has 0 heterocycles. The Morgan fingerprint density at radius 2 is 1.84 bits per heavy atom. The van der Waals surface area contributed by atoms with Gasteiger partial charge in [0.2, 0.25) is 5.91 Å². The predicted molar refractivity (Wildman–Crippen MR) is 137 cm³/mol. The minimum Gasteiger partial charge on any atom is -0.490 e. The second-order valence-electron chi connectivity index (χ2n) is 6.74. The number of amides is 1. The van der Waals surface area contributed by atoms with Crippen LogP contribution in [0, 0.1) is 3.57 Å². The van der Waals surface area contributed by atoms with Gasteiger partial charge in [-0.3, -0.25) is 4.79 Å². The molecule has 0 bridgehead atoms. The first-order valence-corrected chi connectivity index (χ1v) is 11.7. The molecule has 0 saturated carbocycles. The van der Waals surface area contributed by atoms with Crippen LogP contribution in [-0.4, -0.2) is 18.7 Å². The summed E-state index contributed by atoms with van der Waals surface area (Å²) >= 11 is 14.3. The first kappa shape index (κ1) is 24.4. The van der Waals surface area contributed by atoms with Crippen molar-refractivity contribution in [1.82, 2.24) is 5.43 Å². The normalized spacial score (nSPS) is 10.9. The van der Waals surface area contributed by atoms with Crippen LogP contribution in [0.1, 0.15) is 23.6 Å². The molecule has 1 amide bonds. The van der Waals surface area contributed by atoms with Crippen LogP contribution in [-0.2, 0) is 17.8 Å². The topological polar surface area (TPSA) is 59.9 Å². The molecule has 0 aliphatic carbocycles. The molecule has 0 fully saturated rings. The average molecular weight is 583 g/mol. The quantitative estimate of drug-likeness (QED) is 0.184. The predicted octanol–water partition coefficient (Wildman–Crippen LogP) is 6.27. The van der Waals surface area contributed by atoms with Gasteiger partial charge < -0.3 is 9.47 Å². The molecular weight excluding hydrogens is 562 g/mol. The number of ether oxygens (including phenoxy) is 2. The van der Waals surface area contributed by atoms with Crippen LogP contribution in [0.4, 0.5) is 0 Å². The van der Waals surface area contributed by atoms with Crippen molar-refractivity contribution in [1.29, 1.82) is 0 Å². The molecule has 0 saturated heterocycles. The van der Waals surface area contributed by atoms with Crippen LogP contribution >= 0.6 is 45.8 Å². The van der Waals surface area contributed by atoms with E-state index >= 15 is 0 Å². The number of nitrogens with zero attached hydrogens (tertiary/aromatic N) is 1. The van der Waals surface area contributed by atoms with Crippen LogP contribution in [0.25, 0.3) is 0 Å². The first-order chi connectivity index (χ1) is 15.5. The lowest BCUT2D eigenvalue weighted by atomic mass is 10.1. The van der Waals surface area contributed by atoms with E-state index in [2.05, 4.69) is 33.1 Å².